The minimum absolute atomic E-state index is 0.0485. The first-order valence-electron chi connectivity index (χ1n) is 11.5. The quantitative estimate of drug-likeness (QED) is 0.703. The van der Waals surface area contributed by atoms with E-state index in [0.717, 1.165) is 54.0 Å². The number of carbonyl (C=O) groups is 1. The van der Waals surface area contributed by atoms with Crippen LogP contribution in [-0.4, -0.2) is 48.8 Å². The van der Waals surface area contributed by atoms with E-state index in [-0.39, 0.29) is 24.4 Å². The number of likely N-dealkylation sites (tertiary alicyclic amines) is 1. The van der Waals surface area contributed by atoms with Gasteiger partial charge >= 0.3 is 0 Å². The number of fused-ring (bicyclic) bond motifs is 1. The molecule has 0 aromatic heterocycles. The lowest BCUT2D eigenvalue weighted by Gasteiger charge is -2.52. The van der Waals surface area contributed by atoms with E-state index in [1.54, 1.807) is 14.2 Å². The Balaban J connectivity index is 1.63. The van der Waals surface area contributed by atoms with Crippen LogP contribution in [0, 0.1) is 12.8 Å². The Morgan fingerprint density at radius 3 is 2.62 bits per heavy atom. The van der Waals surface area contributed by atoms with Crippen molar-refractivity contribution < 1.29 is 19.4 Å². The summed E-state index contributed by atoms with van der Waals surface area (Å²) in [6.45, 7) is 2.95. The van der Waals surface area contributed by atoms with Gasteiger partial charge in [0.2, 0.25) is 5.91 Å². The number of ether oxygens (including phenoxy) is 2. The first-order chi connectivity index (χ1) is 15.4. The number of hydrogen-bond acceptors (Lipinski definition) is 5. The van der Waals surface area contributed by atoms with Gasteiger partial charge < -0.3 is 19.9 Å². The minimum Gasteiger partial charge on any atom is -0.497 e. The molecule has 4 rings (SSSR count). The number of rotatable bonds is 6. The van der Waals surface area contributed by atoms with E-state index >= 15 is 0 Å². The van der Waals surface area contributed by atoms with Gasteiger partial charge in [0.15, 0.2) is 0 Å². The molecule has 2 N–H and O–H groups in total. The average Bonchev–Trinajstić information content (AvgIpc) is 2.80. The van der Waals surface area contributed by atoms with Crippen LogP contribution in [0.3, 0.4) is 0 Å². The second-order valence-corrected chi connectivity index (χ2v) is 9.14. The highest BCUT2D eigenvalue weighted by Gasteiger charge is 2.49. The van der Waals surface area contributed by atoms with Crippen LogP contribution < -0.4 is 14.8 Å². The smallest absolute Gasteiger partial charge is 0.238 e. The van der Waals surface area contributed by atoms with Gasteiger partial charge in [0.05, 0.1) is 26.4 Å². The molecule has 3 unspecified atom stereocenters. The van der Waals surface area contributed by atoms with E-state index in [1.807, 2.05) is 49.4 Å². The third kappa shape index (κ3) is 4.62. The highest BCUT2D eigenvalue weighted by atomic mass is 16.5. The van der Waals surface area contributed by atoms with Crippen LogP contribution in [0.15, 0.2) is 42.5 Å². The molecule has 1 amide bonds. The SMILES string of the molecule is COc1ccc(C2C3CCCCC3(O)CCN2CC(=O)Nc2ccc(C)cc2)c(OC)c1. The van der Waals surface area contributed by atoms with Crippen LogP contribution in [0.25, 0.3) is 0 Å². The molecule has 6 nitrogen and oxygen atoms in total. The molecule has 6 heteroatoms. The summed E-state index contributed by atoms with van der Waals surface area (Å²) < 4.78 is 11.1. The largest absolute Gasteiger partial charge is 0.497 e. The van der Waals surface area contributed by atoms with Crippen LogP contribution in [0.5, 0.6) is 11.5 Å². The van der Waals surface area contributed by atoms with Crippen molar-refractivity contribution in [3.05, 3.63) is 53.6 Å². The standard InChI is InChI=1S/C26H34N2O4/c1-18-7-9-19(10-8-18)27-24(29)17-28-15-14-26(30)13-5-4-6-22(26)25(28)21-12-11-20(31-2)16-23(21)32-3/h7-12,16,22,25,30H,4-6,13-15,17H2,1-3H3,(H,27,29). The highest BCUT2D eigenvalue weighted by Crippen LogP contribution is 2.51. The van der Waals surface area contributed by atoms with E-state index in [1.165, 1.54) is 0 Å². The first-order valence-corrected chi connectivity index (χ1v) is 11.5. The zero-order valence-electron chi connectivity index (χ0n) is 19.3. The molecule has 1 saturated carbocycles. The maximum absolute atomic E-state index is 13.0. The molecular formula is C26H34N2O4. The van der Waals surface area contributed by atoms with Crippen LogP contribution in [0.4, 0.5) is 5.69 Å². The predicted octanol–water partition coefficient (Wildman–Crippen LogP) is 4.32. The Bertz CT molecular complexity index is 945. The fourth-order valence-electron chi connectivity index (χ4n) is 5.42. The fourth-order valence-corrected chi connectivity index (χ4v) is 5.42. The monoisotopic (exact) mass is 438 g/mol. The van der Waals surface area contributed by atoms with E-state index in [9.17, 15) is 9.90 Å². The number of carbonyl (C=O) groups excluding carboxylic acids is 1. The zero-order valence-corrected chi connectivity index (χ0v) is 19.3. The van der Waals surface area contributed by atoms with Crippen LogP contribution >= 0.6 is 0 Å². The van der Waals surface area contributed by atoms with Gasteiger partial charge in [-0.3, -0.25) is 9.69 Å². The molecule has 1 aliphatic carbocycles. The van der Waals surface area contributed by atoms with Gasteiger partial charge in [-0.05, 0) is 44.4 Å². The van der Waals surface area contributed by atoms with Gasteiger partial charge in [0.25, 0.3) is 0 Å². The van der Waals surface area contributed by atoms with Crippen LogP contribution in [0.1, 0.15) is 49.3 Å². The van der Waals surface area contributed by atoms with Gasteiger partial charge in [-0.15, -0.1) is 0 Å². The van der Waals surface area contributed by atoms with Gasteiger partial charge in [-0.25, -0.2) is 0 Å². The number of aryl methyl sites for hydroxylation is 1. The second kappa shape index (κ2) is 9.51. The Hall–Kier alpha value is -2.57. The molecular weight excluding hydrogens is 404 g/mol. The maximum atomic E-state index is 13.0. The normalized spacial score (nSPS) is 25.6. The topological polar surface area (TPSA) is 71.0 Å². The third-order valence-electron chi connectivity index (χ3n) is 7.11. The summed E-state index contributed by atoms with van der Waals surface area (Å²) in [4.78, 5) is 15.2. The molecule has 2 fully saturated rings. The summed E-state index contributed by atoms with van der Waals surface area (Å²) in [5.74, 6) is 1.46. The van der Waals surface area contributed by atoms with Gasteiger partial charge in [-0.2, -0.15) is 0 Å². The maximum Gasteiger partial charge on any atom is 0.238 e. The lowest BCUT2D eigenvalue weighted by Crippen LogP contribution is -2.56. The summed E-state index contributed by atoms with van der Waals surface area (Å²) in [6, 6.07) is 13.6. The molecule has 1 saturated heterocycles. The van der Waals surface area contributed by atoms with Crippen molar-refractivity contribution in [1.29, 1.82) is 0 Å². The molecule has 3 atom stereocenters. The predicted molar refractivity (Wildman–Crippen MR) is 125 cm³/mol. The summed E-state index contributed by atoms with van der Waals surface area (Å²) in [7, 11) is 3.29. The van der Waals surface area contributed by atoms with Gasteiger partial charge in [-0.1, -0.05) is 36.6 Å². The van der Waals surface area contributed by atoms with Crippen molar-refractivity contribution in [3.8, 4) is 11.5 Å². The van der Waals surface area contributed by atoms with Gasteiger partial charge in [0, 0.05) is 35.8 Å². The summed E-state index contributed by atoms with van der Waals surface area (Å²) in [6.07, 6.45) is 4.58. The Kier molecular flexibility index (Phi) is 6.72. The number of amides is 1. The number of hydrogen-bond donors (Lipinski definition) is 2. The average molecular weight is 439 g/mol. The Labute approximate surface area is 190 Å². The first kappa shape index (κ1) is 22.6. The third-order valence-corrected chi connectivity index (χ3v) is 7.11. The van der Waals surface area contributed by atoms with Crippen LogP contribution in [-0.2, 0) is 4.79 Å². The Morgan fingerprint density at radius 2 is 1.91 bits per heavy atom. The summed E-state index contributed by atoms with van der Waals surface area (Å²) in [5.41, 5.74) is 2.26. The molecule has 2 aromatic carbocycles. The number of nitrogens with one attached hydrogen (secondary N) is 1. The lowest BCUT2D eigenvalue weighted by atomic mass is 9.66. The zero-order chi connectivity index (χ0) is 22.7. The minimum atomic E-state index is -0.697. The molecule has 172 valence electrons. The Morgan fingerprint density at radius 1 is 1.12 bits per heavy atom. The molecule has 1 aliphatic heterocycles. The van der Waals surface area contributed by atoms with Gasteiger partial charge in [0.1, 0.15) is 11.5 Å². The van der Waals surface area contributed by atoms with Crippen molar-refractivity contribution in [3.63, 3.8) is 0 Å². The van der Waals surface area contributed by atoms with Crippen molar-refractivity contribution in [1.82, 2.24) is 4.90 Å². The molecule has 1 heterocycles. The van der Waals surface area contributed by atoms with Crippen LogP contribution in [0.2, 0.25) is 0 Å². The molecule has 0 radical (unpaired) electrons. The van der Waals surface area contributed by atoms with E-state index < -0.39 is 5.60 Å². The lowest BCUT2D eigenvalue weighted by molar-refractivity contribution is -0.135. The van der Waals surface area contributed by atoms with E-state index in [2.05, 4.69) is 10.2 Å². The van der Waals surface area contributed by atoms with Crippen molar-refractivity contribution in [2.45, 2.75) is 50.7 Å². The number of benzene rings is 2. The molecule has 2 aromatic rings. The van der Waals surface area contributed by atoms with Crippen molar-refractivity contribution in [2.75, 3.05) is 32.6 Å². The summed E-state index contributed by atoms with van der Waals surface area (Å²) in [5, 5.41) is 14.5. The number of nitrogens with zero attached hydrogens (tertiary/aromatic N) is 1. The molecule has 0 spiro atoms. The van der Waals surface area contributed by atoms with Crippen molar-refractivity contribution >= 4 is 11.6 Å². The molecule has 32 heavy (non-hydrogen) atoms. The fraction of sp³-hybridized carbons (Fsp3) is 0.500. The van der Waals surface area contributed by atoms with E-state index in [0.29, 0.717) is 13.0 Å². The molecule has 0 bridgehead atoms. The number of methoxy groups -OCH3 is 2. The number of anilines is 1. The van der Waals surface area contributed by atoms with E-state index in [4.69, 9.17) is 9.47 Å². The number of piperidine rings is 1. The highest BCUT2D eigenvalue weighted by molar-refractivity contribution is 5.92. The summed E-state index contributed by atoms with van der Waals surface area (Å²) >= 11 is 0. The number of aliphatic hydroxyl groups is 1. The second-order valence-electron chi connectivity index (χ2n) is 9.14. The van der Waals surface area contributed by atoms with Crippen molar-refractivity contribution in [2.24, 2.45) is 5.92 Å². The molecule has 2 aliphatic rings.